The zero-order valence-corrected chi connectivity index (χ0v) is 12.9. The van der Waals surface area contributed by atoms with Gasteiger partial charge >= 0.3 is 0 Å². The summed E-state index contributed by atoms with van der Waals surface area (Å²) in [7, 11) is 1.93. The molecule has 0 aromatic heterocycles. The van der Waals surface area contributed by atoms with Crippen LogP contribution in [0.15, 0.2) is 24.3 Å². The number of carbonyl (C=O) groups is 1. The van der Waals surface area contributed by atoms with Crippen molar-refractivity contribution in [2.24, 2.45) is 5.92 Å². The highest BCUT2D eigenvalue weighted by Gasteiger charge is 2.44. The first-order valence-corrected chi connectivity index (χ1v) is 8.03. The molecular weight excluding hydrogens is 283 g/mol. The van der Waals surface area contributed by atoms with E-state index in [1.165, 1.54) is 12.1 Å². The Morgan fingerprint density at radius 2 is 2.32 bits per heavy atom. The number of anilines is 1. The highest BCUT2D eigenvalue weighted by molar-refractivity contribution is 5.79. The van der Waals surface area contributed by atoms with E-state index in [4.69, 9.17) is 4.74 Å². The van der Waals surface area contributed by atoms with Gasteiger partial charge in [0.1, 0.15) is 5.82 Å². The average molecular weight is 306 g/mol. The molecule has 2 heterocycles. The smallest absolute Gasteiger partial charge is 0.225 e. The van der Waals surface area contributed by atoms with Gasteiger partial charge in [0, 0.05) is 25.8 Å². The Balaban J connectivity index is 1.37. The first-order valence-electron chi connectivity index (χ1n) is 8.03. The predicted octanol–water partition coefficient (Wildman–Crippen LogP) is 2.34. The van der Waals surface area contributed by atoms with Gasteiger partial charge in [-0.15, -0.1) is 0 Å². The fourth-order valence-corrected chi connectivity index (χ4v) is 3.42. The maximum Gasteiger partial charge on any atom is 0.225 e. The molecule has 0 radical (unpaired) electrons. The fraction of sp³-hybridized carbons (Fsp3) is 0.588. The van der Waals surface area contributed by atoms with Gasteiger partial charge < -0.3 is 15.0 Å². The van der Waals surface area contributed by atoms with Gasteiger partial charge in [0.25, 0.3) is 0 Å². The largest absolute Gasteiger partial charge is 0.374 e. The number of nitrogens with one attached hydrogen (secondary N) is 1. The normalized spacial score (nSPS) is 26.2. The Bertz CT molecular complexity index is 537. The number of hydrogen-bond donors (Lipinski definition) is 1. The number of rotatable bonds is 6. The summed E-state index contributed by atoms with van der Waals surface area (Å²) in [6.45, 7) is 1.42. The molecule has 5 heteroatoms. The Hall–Kier alpha value is -1.62. The number of nitrogens with zero attached hydrogens (tertiary/aromatic N) is 1. The lowest BCUT2D eigenvalue weighted by Gasteiger charge is -2.21. The minimum Gasteiger partial charge on any atom is -0.374 e. The molecule has 1 amide bonds. The van der Waals surface area contributed by atoms with Crippen molar-refractivity contribution >= 4 is 11.6 Å². The standard InChI is InChI=1S/C17H23FN2O2/c1-20(13-5-2-4-12(18)10-13)9-3-8-19-17(21)15-11-14-6-7-16(15)22-14/h2,4-5,10,14-16H,3,6-9,11H2,1H3,(H,19,21)/t14-,15+,16-/m1/s1. The van der Waals surface area contributed by atoms with Crippen LogP contribution in [-0.2, 0) is 9.53 Å². The molecule has 0 aliphatic carbocycles. The number of benzene rings is 1. The second-order valence-corrected chi connectivity index (χ2v) is 6.26. The number of ether oxygens (including phenoxy) is 1. The van der Waals surface area contributed by atoms with Gasteiger partial charge in [0.05, 0.1) is 18.1 Å². The van der Waals surface area contributed by atoms with Crippen molar-refractivity contribution in [3.63, 3.8) is 0 Å². The summed E-state index contributed by atoms with van der Waals surface area (Å²) in [5.74, 6) is -0.0609. The molecule has 1 N–H and O–H groups in total. The first-order chi connectivity index (χ1) is 10.6. The van der Waals surface area contributed by atoms with Gasteiger partial charge in [0.2, 0.25) is 5.91 Å². The zero-order chi connectivity index (χ0) is 15.5. The Kier molecular flexibility index (Phi) is 4.62. The van der Waals surface area contributed by atoms with Gasteiger partial charge in [-0.05, 0) is 43.9 Å². The number of hydrogen-bond acceptors (Lipinski definition) is 3. The molecular formula is C17H23FN2O2. The molecule has 0 saturated carbocycles. The summed E-state index contributed by atoms with van der Waals surface area (Å²) < 4.78 is 18.9. The van der Waals surface area contributed by atoms with Crippen molar-refractivity contribution in [1.82, 2.24) is 5.32 Å². The quantitative estimate of drug-likeness (QED) is 0.820. The molecule has 2 aliphatic rings. The van der Waals surface area contributed by atoms with Crippen LogP contribution in [0, 0.1) is 11.7 Å². The molecule has 3 rings (SSSR count). The monoisotopic (exact) mass is 306 g/mol. The second-order valence-electron chi connectivity index (χ2n) is 6.26. The SMILES string of the molecule is CN(CCCNC(=O)[C@H]1C[C@H]2CC[C@H]1O2)c1cccc(F)c1. The van der Waals surface area contributed by atoms with E-state index in [1.807, 2.05) is 18.0 Å². The van der Waals surface area contributed by atoms with Crippen LogP contribution >= 0.6 is 0 Å². The molecule has 120 valence electrons. The summed E-state index contributed by atoms with van der Waals surface area (Å²) in [4.78, 5) is 14.1. The molecule has 0 spiro atoms. The Labute approximate surface area is 130 Å². The van der Waals surface area contributed by atoms with Crippen molar-refractivity contribution in [3.05, 3.63) is 30.1 Å². The molecule has 2 saturated heterocycles. The summed E-state index contributed by atoms with van der Waals surface area (Å²) in [6, 6.07) is 6.55. The summed E-state index contributed by atoms with van der Waals surface area (Å²) in [6.07, 6.45) is 4.28. The van der Waals surface area contributed by atoms with E-state index in [0.29, 0.717) is 12.6 Å². The van der Waals surface area contributed by atoms with Crippen LogP contribution in [0.25, 0.3) is 0 Å². The van der Waals surface area contributed by atoms with Gasteiger partial charge in [-0.1, -0.05) is 6.07 Å². The van der Waals surface area contributed by atoms with E-state index in [2.05, 4.69) is 5.32 Å². The molecule has 3 atom stereocenters. The summed E-state index contributed by atoms with van der Waals surface area (Å²) in [5, 5.41) is 3.01. The average Bonchev–Trinajstić information content (AvgIpc) is 3.14. The number of fused-ring (bicyclic) bond motifs is 2. The third-order valence-corrected chi connectivity index (χ3v) is 4.66. The number of amides is 1. The van der Waals surface area contributed by atoms with Gasteiger partial charge in [-0.2, -0.15) is 0 Å². The maximum atomic E-state index is 13.2. The van der Waals surface area contributed by atoms with E-state index >= 15 is 0 Å². The predicted molar refractivity (Wildman–Crippen MR) is 83.3 cm³/mol. The minimum atomic E-state index is -0.228. The van der Waals surface area contributed by atoms with Gasteiger partial charge in [-0.25, -0.2) is 4.39 Å². The molecule has 22 heavy (non-hydrogen) atoms. The Morgan fingerprint density at radius 3 is 3.00 bits per heavy atom. The molecule has 4 nitrogen and oxygen atoms in total. The summed E-state index contributed by atoms with van der Waals surface area (Å²) >= 11 is 0. The van der Waals surface area contributed by atoms with Gasteiger partial charge in [-0.3, -0.25) is 4.79 Å². The lowest BCUT2D eigenvalue weighted by molar-refractivity contribution is -0.126. The van der Waals surface area contributed by atoms with E-state index in [1.54, 1.807) is 6.07 Å². The van der Waals surface area contributed by atoms with Crippen molar-refractivity contribution in [3.8, 4) is 0 Å². The lowest BCUT2D eigenvalue weighted by Crippen LogP contribution is -2.37. The second kappa shape index (κ2) is 6.65. The lowest BCUT2D eigenvalue weighted by atomic mass is 9.88. The van der Waals surface area contributed by atoms with E-state index in [9.17, 15) is 9.18 Å². The zero-order valence-electron chi connectivity index (χ0n) is 12.9. The number of halogens is 1. The molecule has 2 fully saturated rings. The van der Waals surface area contributed by atoms with Crippen LogP contribution in [0.2, 0.25) is 0 Å². The minimum absolute atomic E-state index is 0.0414. The Morgan fingerprint density at radius 1 is 1.45 bits per heavy atom. The van der Waals surface area contributed by atoms with Crippen molar-refractivity contribution in [2.75, 3.05) is 25.0 Å². The van der Waals surface area contributed by atoms with E-state index in [0.717, 1.165) is 37.9 Å². The molecule has 2 bridgehead atoms. The van der Waals surface area contributed by atoms with Crippen LogP contribution in [-0.4, -0.2) is 38.3 Å². The molecule has 2 aliphatic heterocycles. The van der Waals surface area contributed by atoms with Crippen LogP contribution < -0.4 is 10.2 Å². The van der Waals surface area contributed by atoms with Crippen LogP contribution in [0.1, 0.15) is 25.7 Å². The van der Waals surface area contributed by atoms with Crippen LogP contribution in [0.3, 0.4) is 0 Å². The molecule has 1 aromatic carbocycles. The highest BCUT2D eigenvalue weighted by atomic mass is 19.1. The van der Waals surface area contributed by atoms with Crippen molar-refractivity contribution in [1.29, 1.82) is 0 Å². The van der Waals surface area contributed by atoms with Crippen molar-refractivity contribution < 1.29 is 13.9 Å². The summed E-state index contributed by atoms with van der Waals surface area (Å²) in [5.41, 5.74) is 0.854. The third kappa shape index (κ3) is 3.40. The number of carbonyl (C=O) groups excluding carboxylic acids is 1. The first kappa shape index (κ1) is 15.3. The topological polar surface area (TPSA) is 41.6 Å². The van der Waals surface area contributed by atoms with Crippen LogP contribution in [0.5, 0.6) is 0 Å². The van der Waals surface area contributed by atoms with Crippen molar-refractivity contribution in [2.45, 2.75) is 37.9 Å². The maximum absolute atomic E-state index is 13.2. The highest BCUT2D eigenvalue weighted by Crippen LogP contribution is 2.38. The molecule has 0 unspecified atom stereocenters. The fourth-order valence-electron chi connectivity index (χ4n) is 3.42. The molecule has 1 aromatic rings. The van der Waals surface area contributed by atoms with E-state index < -0.39 is 0 Å². The third-order valence-electron chi connectivity index (χ3n) is 4.66. The van der Waals surface area contributed by atoms with Gasteiger partial charge in [0.15, 0.2) is 0 Å². The van der Waals surface area contributed by atoms with Crippen LogP contribution in [0.4, 0.5) is 10.1 Å². The van der Waals surface area contributed by atoms with E-state index in [-0.39, 0.29) is 23.7 Å².